The van der Waals surface area contributed by atoms with Gasteiger partial charge in [0.2, 0.25) is 0 Å². The van der Waals surface area contributed by atoms with Crippen molar-refractivity contribution in [2.45, 2.75) is 46.1 Å². The standard InChI is InChI=1S/C16H25N3O2/c1-11-9-19(7-6-13(11)20)14-8-12(10-21-5)17-15(18-14)16(2,3)4/h8,11H,6-7,9-10H2,1-5H3. The van der Waals surface area contributed by atoms with Crippen molar-refractivity contribution >= 4 is 11.6 Å². The van der Waals surface area contributed by atoms with Crippen molar-refractivity contribution < 1.29 is 9.53 Å². The number of methoxy groups -OCH3 is 1. The van der Waals surface area contributed by atoms with Crippen LogP contribution in [0.15, 0.2) is 6.07 Å². The second-order valence-corrected chi connectivity index (χ2v) is 6.79. The molecule has 5 nitrogen and oxygen atoms in total. The molecule has 0 amide bonds. The highest BCUT2D eigenvalue weighted by Crippen LogP contribution is 2.25. The van der Waals surface area contributed by atoms with Gasteiger partial charge in [0.1, 0.15) is 17.4 Å². The van der Waals surface area contributed by atoms with Crippen molar-refractivity contribution in [2.75, 3.05) is 25.1 Å². The second-order valence-electron chi connectivity index (χ2n) is 6.79. The number of ketones is 1. The lowest BCUT2D eigenvalue weighted by molar-refractivity contribution is -0.122. The first-order chi connectivity index (χ1) is 9.81. The Morgan fingerprint density at radius 3 is 2.67 bits per heavy atom. The first-order valence-corrected chi connectivity index (χ1v) is 7.46. The minimum atomic E-state index is -0.115. The fourth-order valence-corrected chi connectivity index (χ4v) is 2.43. The van der Waals surface area contributed by atoms with Gasteiger partial charge in [0.05, 0.1) is 12.3 Å². The SMILES string of the molecule is COCc1cc(N2CCC(=O)C(C)C2)nc(C(C)(C)C)n1. The lowest BCUT2D eigenvalue weighted by Crippen LogP contribution is -2.40. The fourth-order valence-electron chi connectivity index (χ4n) is 2.43. The predicted octanol–water partition coefficient (Wildman–Crippen LogP) is 2.34. The maximum atomic E-state index is 11.7. The molecule has 1 aromatic rings. The Hall–Kier alpha value is -1.49. The Bertz CT molecular complexity index is 523. The Labute approximate surface area is 126 Å². The molecule has 5 heteroatoms. The van der Waals surface area contributed by atoms with Crippen LogP contribution in [0.2, 0.25) is 0 Å². The van der Waals surface area contributed by atoms with Crippen LogP contribution in [0.4, 0.5) is 5.82 Å². The average molecular weight is 291 g/mol. The fraction of sp³-hybridized carbons (Fsp3) is 0.688. The smallest absolute Gasteiger partial charge is 0.139 e. The molecule has 1 aliphatic rings. The summed E-state index contributed by atoms with van der Waals surface area (Å²) in [7, 11) is 1.67. The molecule has 0 aliphatic carbocycles. The highest BCUT2D eigenvalue weighted by molar-refractivity contribution is 5.83. The van der Waals surface area contributed by atoms with Gasteiger partial charge in [0.25, 0.3) is 0 Å². The maximum Gasteiger partial charge on any atom is 0.139 e. The van der Waals surface area contributed by atoms with E-state index in [0.717, 1.165) is 30.4 Å². The van der Waals surface area contributed by atoms with Gasteiger partial charge in [-0.2, -0.15) is 0 Å². The van der Waals surface area contributed by atoms with E-state index in [4.69, 9.17) is 9.72 Å². The van der Waals surface area contributed by atoms with E-state index in [0.29, 0.717) is 18.8 Å². The predicted molar refractivity (Wildman–Crippen MR) is 82.4 cm³/mol. The number of nitrogens with zero attached hydrogens (tertiary/aromatic N) is 3. The molecule has 116 valence electrons. The van der Waals surface area contributed by atoms with E-state index in [1.807, 2.05) is 13.0 Å². The molecule has 1 saturated heterocycles. The molecular weight excluding hydrogens is 266 g/mol. The van der Waals surface area contributed by atoms with Gasteiger partial charge in [-0.05, 0) is 0 Å². The van der Waals surface area contributed by atoms with E-state index < -0.39 is 0 Å². The summed E-state index contributed by atoms with van der Waals surface area (Å²) in [5.74, 6) is 2.13. The topological polar surface area (TPSA) is 55.3 Å². The molecule has 1 fully saturated rings. The third-order valence-corrected chi connectivity index (χ3v) is 3.72. The molecule has 2 rings (SSSR count). The Morgan fingerprint density at radius 2 is 2.10 bits per heavy atom. The quantitative estimate of drug-likeness (QED) is 0.855. The minimum Gasteiger partial charge on any atom is -0.378 e. The van der Waals surface area contributed by atoms with Gasteiger partial charge in [-0.25, -0.2) is 9.97 Å². The lowest BCUT2D eigenvalue weighted by atomic mass is 9.95. The van der Waals surface area contributed by atoms with E-state index in [9.17, 15) is 4.79 Å². The van der Waals surface area contributed by atoms with Crippen molar-refractivity contribution in [1.82, 2.24) is 9.97 Å². The molecule has 2 heterocycles. The lowest BCUT2D eigenvalue weighted by Gasteiger charge is -2.32. The number of Topliss-reactive ketones (excluding diaryl/α,β-unsaturated/α-hetero) is 1. The number of carbonyl (C=O) groups is 1. The van der Waals surface area contributed by atoms with Gasteiger partial charge >= 0.3 is 0 Å². The Balaban J connectivity index is 2.33. The van der Waals surface area contributed by atoms with Crippen LogP contribution >= 0.6 is 0 Å². The van der Waals surface area contributed by atoms with Crippen LogP contribution in [0.25, 0.3) is 0 Å². The highest BCUT2D eigenvalue weighted by Gasteiger charge is 2.26. The molecule has 0 radical (unpaired) electrons. The molecule has 0 saturated carbocycles. The number of anilines is 1. The van der Waals surface area contributed by atoms with Gasteiger partial charge in [-0.3, -0.25) is 4.79 Å². The summed E-state index contributed by atoms with van der Waals surface area (Å²) in [5, 5.41) is 0. The number of rotatable bonds is 3. The maximum absolute atomic E-state index is 11.7. The molecule has 0 N–H and O–H groups in total. The number of carbonyl (C=O) groups excluding carboxylic acids is 1. The summed E-state index contributed by atoms with van der Waals surface area (Å²) >= 11 is 0. The largest absolute Gasteiger partial charge is 0.378 e. The molecule has 1 unspecified atom stereocenters. The summed E-state index contributed by atoms with van der Waals surface area (Å²) < 4.78 is 5.21. The Morgan fingerprint density at radius 1 is 1.38 bits per heavy atom. The van der Waals surface area contributed by atoms with Gasteiger partial charge in [-0.1, -0.05) is 27.7 Å². The first-order valence-electron chi connectivity index (χ1n) is 7.46. The van der Waals surface area contributed by atoms with E-state index in [1.165, 1.54) is 0 Å². The van der Waals surface area contributed by atoms with Crippen LogP contribution in [-0.4, -0.2) is 36.0 Å². The van der Waals surface area contributed by atoms with Crippen LogP contribution in [0.5, 0.6) is 0 Å². The number of piperidine rings is 1. The van der Waals surface area contributed by atoms with Crippen LogP contribution in [0.3, 0.4) is 0 Å². The molecule has 0 bridgehead atoms. The average Bonchev–Trinajstić information content (AvgIpc) is 2.41. The summed E-state index contributed by atoms with van der Waals surface area (Å²) in [6, 6.07) is 1.97. The Kier molecular flexibility index (Phi) is 4.61. The monoisotopic (exact) mass is 291 g/mol. The van der Waals surface area contributed by atoms with Crippen LogP contribution in [0.1, 0.15) is 45.6 Å². The first kappa shape index (κ1) is 15.9. The van der Waals surface area contributed by atoms with Crippen molar-refractivity contribution in [2.24, 2.45) is 5.92 Å². The summed E-state index contributed by atoms with van der Waals surface area (Å²) in [4.78, 5) is 23.2. The van der Waals surface area contributed by atoms with Crippen molar-refractivity contribution in [3.8, 4) is 0 Å². The van der Waals surface area contributed by atoms with Crippen LogP contribution < -0.4 is 4.90 Å². The van der Waals surface area contributed by atoms with Crippen molar-refractivity contribution in [3.05, 3.63) is 17.6 Å². The zero-order chi connectivity index (χ0) is 15.6. The third-order valence-electron chi connectivity index (χ3n) is 3.72. The van der Waals surface area contributed by atoms with E-state index in [-0.39, 0.29) is 11.3 Å². The molecule has 0 spiro atoms. The number of hydrogen-bond acceptors (Lipinski definition) is 5. The van der Waals surface area contributed by atoms with Gasteiger partial charge < -0.3 is 9.64 Å². The van der Waals surface area contributed by atoms with Crippen molar-refractivity contribution in [3.63, 3.8) is 0 Å². The molecule has 1 aromatic heterocycles. The van der Waals surface area contributed by atoms with E-state index >= 15 is 0 Å². The normalized spacial score (nSPS) is 20.0. The third kappa shape index (κ3) is 3.79. The van der Waals surface area contributed by atoms with Crippen LogP contribution in [-0.2, 0) is 21.6 Å². The van der Waals surface area contributed by atoms with Crippen LogP contribution in [0, 0.1) is 5.92 Å². The highest BCUT2D eigenvalue weighted by atomic mass is 16.5. The van der Waals surface area contributed by atoms with Crippen molar-refractivity contribution in [1.29, 1.82) is 0 Å². The molecular formula is C16H25N3O2. The number of aromatic nitrogens is 2. The number of ether oxygens (including phenoxy) is 1. The van der Waals surface area contributed by atoms with Gasteiger partial charge in [0, 0.05) is 44.0 Å². The summed E-state index contributed by atoms with van der Waals surface area (Å²) in [6.07, 6.45) is 0.593. The summed E-state index contributed by atoms with van der Waals surface area (Å²) in [5.41, 5.74) is 0.771. The zero-order valence-electron chi connectivity index (χ0n) is 13.6. The molecule has 1 aliphatic heterocycles. The van der Waals surface area contributed by atoms with E-state index in [1.54, 1.807) is 7.11 Å². The zero-order valence-corrected chi connectivity index (χ0v) is 13.6. The molecule has 0 aromatic carbocycles. The molecule has 21 heavy (non-hydrogen) atoms. The van der Waals surface area contributed by atoms with E-state index in [2.05, 4.69) is 30.7 Å². The van der Waals surface area contributed by atoms with Gasteiger partial charge in [-0.15, -0.1) is 0 Å². The molecule has 1 atom stereocenters. The summed E-state index contributed by atoms with van der Waals surface area (Å²) in [6.45, 7) is 10.2. The van der Waals surface area contributed by atoms with Gasteiger partial charge in [0.15, 0.2) is 0 Å². The number of hydrogen-bond donors (Lipinski definition) is 0. The second kappa shape index (κ2) is 6.10. The minimum absolute atomic E-state index is 0.0673.